The molecule has 0 saturated carbocycles. The normalized spacial score (nSPS) is 13.9. The molecule has 0 unspecified atom stereocenters. The van der Waals surface area contributed by atoms with Crippen LogP contribution in [-0.2, 0) is 19.5 Å². The number of ether oxygens (including phenoxy) is 2. The summed E-state index contributed by atoms with van der Waals surface area (Å²) in [5.41, 5.74) is 0.665. The molecular weight excluding hydrogens is 568 g/mol. The van der Waals surface area contributed by atoms with E-state index in [1.54, 1.807) is 26.3 Å². The van der Waals surface area contributed by atoms with Gasteiger partial charge in [-0.25, -0.2) is 37.1 Å². The molecule has 0 spiro atoms. The Balaban J connectivity index is 1.57. The van der Waals surface area contributed by atoms with Crippen molar-refractivity contribution in [2.45, 2.75) is 13.3 Å². The Bertz CT molecular complexity index is 1670. The highest BCUT2D eigenvalue weighted by Gasteiger charge is 2.23. The number of methoxy groups -OCH3 is 1. The molecule has 0 amide bonds. The van der Waals surface area contributed by atoms with Gasteiger partial charge >= 0.3 is 0 Å². The van der Waals surface area contributed by atoms with Crippen molar-refractivity contribution in [3.8, 4) is 22.6 Å². The number of hydrogen-bond acceptors (Lipinski definition) is 10. The van der Waals surface area contributed by atoms with Crippen LogP contribution in [-0.4, -0.2) is 80.7 Å². The third kappa shape index (κ3) is 6.55. The van der Waals surface area contributed by atoms with Crippen molar-refractivity contribution in [3.05, 3.63) is 54.2 Å². The van der Waals surface area contributed by atoms with Gasteiger partial charge in [-0.3, -0.25) is 4.72 Å². The number of nitrogens with zero attached hydrogens (tertiary/aromatic N) is 5. The van der Waals surface area contributed by atoms with Gasteiger partial charge in [0.25, 0.3) is 0 Å². The van der Waals surface area contributed by atoms with E-state index in [1.165, 1.54) is 6.07 Å². The van der Waals surface area contributed by atoms with Crippen LogP contribution >= 0.6 is 0 Å². The Morgan fingerprint density at radius 2 is 1.86 bits per heavy atom. The Morgan fingerprint density at radius 1 is 1.05 bits per heavy atom. The van der Waals surface area contributed by atoms with E-state index in [0.717, 1.165) is 12.1 Å². The lowest BCUT2D eigenvalue weighted by Crippen LogP contribution is -2.37. The molecule has 1 aliphatic rings. The molecule has 11 nitrogen and oxygen atoms in total. The van der Waals surface area contributed by atoms with Gasteiger partial charge in [-0.15, -0.1) is 0 Å². The summed E-state index contributed by atoms with van der Waals surface area (Å²) in [5, 5.41) is 3.16. The monoisotopic (exact) mass is 599 g/mol. The maximum Gasteiger partial charge on any atom is 0.232 e. The largest absolute Gasteiger partial charge is 0.383 e. The first kappa shape index (κ1) is 29.5. The molecule has 5 rings (SSSR count). The molecule has 1 fully saturated rings. The predicted octanol–water partition coefficient (Wildman–Crippen LogP) is 4.08. The highest BCUT2D eigenvalue weighted by molar-refractivity contribution is 7.92. The van der Waals surface area contributed by atoms with Gasteiger partial charge < -0.3 is 19.7 Å². The van der Waals surface area contributed by atoms with E-state index in [0.29, 0.717) is 79.9 Å². The smallest absolute Gasteiger partial charge is 0.232 e. The van der Waals surface area contributed by atoms with E-state index >= 15 is 8.78 Å². The SMILES string of the molecule is CCCS(=O)(=O)Nc1ccc(F)c(-c2ccc3nc(-c4ccc(NCCOC)nc4)nc(N4CCOCC4)c3n2)c1F. The van der Waals surface area contributed by atoms with Gasteiger partial charge in [0.2, 0.25) is 10.0 Å². The van der Waals surface area contributed by atoms with Crippen LogP contribution in [0.15, 0.2) is 42.6 Å². The number of anilines is 3. The molecule has 0 radical (unpaired) electrons. The van der Waals surface area contributed by atoms with Crippen molar-refractivity contribution in [3.63, 3.8) is 0 Å². The van der Waals surface area contributed by atoms with E-state index in [-0.39, 0.29) is 17.1 Å². The van der Waals surface area contributed by atoms with Gasteiger partial charge in [0.05, 0.1) is 48.0 Å². The number of rotatable bonds is 11. The first-order valence-electron chi connectivity index (χ1n) is 13.5. The van der Waals surface area contributed by atoms with Crippen LogP contribution in [0.1, 0.15) is 13.3 Å². The van der Waals surface area contributed by atoms with E-state index in [4.69, 9.17) is 14.5 Å². The summed E-state index contributed by atoms with van der Waals surface area (Å²) in [6.45, 7) is 4.88. The zero-order valence-electron chi connectivity index (χ0n) is 23.2. The topological polar surface area (TPSA) is 131 Å². The summed E-state index contributed by atoms with van der Waals surface area (Å²) in [7, 11) is -2.17. The zero-order chi connectivity index (χ0) is 29.7. The van der Waals surface area contributed by atoms with Gasteiger partial charge in [0, 0.05) is 38.5 Å². The molecule has 1 saturated heterocycles. The second-order valence-corrected chi connectivity index (χ2v) is 11.4. The summed E-state index contributed by atoms with van der Waals surface area (Å²) < 4.78 is 67.9. The maximum atomic E-state index is 15.6. The number of nitrogens with one attached hydrogen (secondary N) is 2. The minimum Gasteiger partial charge on any atom is -0.383 e. The lowest BCUT2D eigenvalue weighted by Gasteiger charge is -2.28. The third-order valence-corrected chi connectivity index (χ3v) is 8.03. The Kier molecular flexibility index (Phi) is 9.04. The van der Waals surface area contributed by atoms with Crippen LogP contribution in [0.25, 0.3) is 33.7 Å². The van der Waals surface area contributed by atoms with Crippen molar-refractivity contribution in [1.29, 1.82) is 0 Å². The van der Waals surface area contributed by atoms with Gasteiger partial charge in [-0.1, -0.05) is 6.92 Å². The first-order chi connectivity index (χ1) is 20.3. The van der Waals surface area contributed by atoms with Crippen molar-refractivity contribution >= 4 is 38.4 Å². The third-order valence-electron chi connectivity index (χ3n) is 6.55. The lowest BCUT2D eigenvalue weighted by molar-refractivity contribution is 0.122. The zero-order valence-corrected chi connectivity index (χ0v) is 24.0. The molecule has 4 heterocycles. The summed E-state index contributed by atoms with van der Waals surface area (Å²) >= 11 is 0. The molecule has 0 aliphatic carbocycles. The number of benzene rings is 1. The average molecular weight is 600 g/mol. The predicted molar refractivity (Wildman–Crippen MR) is 157 cm³/mol. The fourth-order valence-corrected chi connectivity index (χ4v) is 5.66. The maximum absolute atomic E-state index is 15.6. The van der Waals surface area contributed by atoms with E-state index in [1.807, 2.05) is 17.0 Å². The number of morpholine rings is 1. The quantitative estimate of drug-likeness (QED) is 0.243. The molecule has 2 N–H and O–H groups in total. The molecule has 1 aliphatic heterocycles. The van der Waals surface area contributed by atoms with Crippen LogP contribution in [0.3, 0.4) is 0 Å². The Hall–Kier alpha value is -4.01. The number of aromatic nitrogens is 4. The number of halogens is 2. The van der Waals surface area contributed by atoms with Crippen molar-refractivity contribution < 1.29 is 26.7 Å². The van der Waals surface area contributed by atoms with Crippen LogP contribution in [0.4, 0.5) is 26.1 Å². The molecule has 14 heteroatoms. The number of sulfonamides is 1. The molecule has 1 aromatic carbocycles. The van der Waals surface area contributed by atoms with Crippen LogP contribution in [0.2, 0.25) is 0 Å². The van der Waals surface area contributed by atoms with Gasteiger partial charge in [0.15, 0.2) is 17.5 Å². The highest BCUT2D eigenvalue weighted by Crippen LogP contribution is 2.34. The van der Waals surface area contributed by atoms with Crippen molar-refractivity contribution in [2.24, 2.45) is 0 Å². The molecule has 0 atom stereocenters. The first-order valence-corrected chi connectivity index (χ1v) is 15.1. The standard InChI is InChI=1S/C28H31F2N7O4S/c1-3-16-42(38,39)36-21-6-5-19(29)24(25(21)30)20-7-8-22-26(33-20)28(37-11-14-41-15-12-37)35-27(34-22)18-4-9-23(32-17-18)31-10-13-40-2/h4-9,17,36H,3,10-16H2,1-2H3,(H,31,32). The molecule has 3 aromatic heterocycles. The van der Waals surface area contributed by atoms with E-state index in [9.17, 15) is 8.42 Å². The summed E-state index contributed by atoms with van der Waals surface area (Å²) in [6, 6.07) is 8.81. The van der Waals surface area contributed by atoms with Crippen LogP contribution < -0.4 is 14.9 Å². The van der Waals surface area contributed by atoms with Crippen LogP contribution in [0, 0.1) is 11.6 Å². The fraction of sp³-hybridized carbons (Fsp3) is 0.357. The molecule has 222 valence electrons. The molecule has 4 aromatic rings. The number of pyridine rings is 2. The van der Waals surface area contributed by atoms with Gasteiger partial charge in [0.1, 0.15) is 17.2 Å². The van der Waals surface area contributed by atoms with Crippen molar-refractivity contribution in [1.82, 2.24) is 19.9 Å². The van der Waals surface area contributed by atoms with Crippen LogP contribution in [0.5, 0.6) is 0 Å². The minimum atomic E-state index is -3.80. The lowest BCUT2D eigenvalue weighted by atomic mass is 10.1. The summed E-state index contributed by atoms with van der Waals surface area (Å²) in [6.07, 6.45) is 2.01. The summed E-state index contributed by atoms with van der Waals surface area (Å²) in [5.74, 6) is -0.550. The van der Waals surface area contributed by atoms with Gasteiger partial charge in [-0.2, -0.15) is 0 Å². The highest BCUT2D eigenvalue weighted by atomic mass is 32.2. The van der Waals surface area contributed by atoms with E-state index in [2.05, 4.69) is 25.0 Å². The molecule has 0 bridgehead atoms. The Morgan fingerprint density at radius 3 is 2.57 bits per heavy atom. The van der Waals surface area contributed by atoms with E-state index < -0.39 is 27.2 Å². The summed E-state index contributed by atoms with van der Waals surface area (Å²) in [4.78, 5) is 20.5. The number of hydrogen-bond donors (Lipinski definition) is 2. The Labute approximate surface area is 242 Å². The molecule has 42 heavy (non-hydrogen) atoms. The second kappa shape index (κ2) is 12.9. The molecular formula is C28H31F2N7O4S. The minimum absolute atomic E-state index is 0.0203. The number of fused-ring (bicyclic) bond motifs is 1. The average Bonchev–Trinajstić information content (AvgIpc) is 2.99. The van der Waals surface area contributed by atoms with Crippen molar-refractivity contribution in [2.75, 3.05) is 67.3 Å². The second-order valence-electron chi connectivity index (χ2n) is 9.59. The fourth-order valence-electron chi connectivity index (χ4n) is 4.53. The van der Waals surface area contributed by atoms with Gasteiger partial charge in [-0.05, 0) is 42.8 Å².